The molecule has 19 heavy (non-hydrogen) atoms. The summed E-state index contributed by atoms with van der Waals surface area (Å²) >= 11 is 0. The molecule has 0 aromatic carbocycles. The van der Waals surface area contributed by atoms with Crippen LogP contribution in [-0.2, 0) is 0 Å². The van der Waals surface area contributed by atoms with Crippen molar-refractivity contribution in [3.05, 3.63) is 27.9 Å². The zero-order chi connectivity index (χ0) is 14.0. The highest BCUT2D eigenvalue weighted by Gasteiger charge is 2.26. The molecule has 0 amide bonds. The highest BCUT2D eigenvalue weighted by atomic mass is 16.6. The molecule has 2 rings (SSSR count). The van der Waals surface area contributed by atoms with Gasteiger partial charge in [-0.3, -0.25) is 10.1 Å². The molecule has 7 heteroatoms. The van der Waals surface area contributed by atoms with Crippen molar-refractivity contribution < 1.29 is 4.92 Å². The van der Waals surface area contributed by atoms with Gasteiger partial charge in [0.05, 0.1) is 4.92 Å². The Kier molecular flexibility index (Phi) is 3.62. The average Bonchev–Trinajstić information content (AvgIpc) is 2.41. The molecule has 0 spiro atoms. The van der Waals surface area contributed by atoms with E-state index in [0.717, 1.165) is 6.42 Å². The van der Waals surface area contributed by atoms with Crippen molar-refractivity contribution >= 4 is 11.5 Å². The molecule has 0 aliphatic carbocycles. The maximum atomic E-state index is 10.7. The van der Waals surface area contributed by atoms with Gasteiger partial charge in [-0.25, -0.2) is 4.98 Å². The fourth-order valence-corrected chi connectivity index (χ4v) is 2.24. The monoisotopic (exact) mass is 261 g/mol. The quantitative estimate of drug-likeness (QED) is 0.629. The standard InChI is InChI=1S/C12H15N5O2/c1-8-7-16(3-2-11(8)14)12-9(5-13)4-10(6-15-12)17(18)19/h4,6,8,11H,2-3,7,14H2,1H3. The lowest BCUT2D eigenvalue weighted by molar-refractivity contribution is -0.385. The van der Waals surface area contributed by atoms with Crippen LogP contribution in [0, 0.1) is 27.4 Å². The van der Waals surface area contributed by atoms with Crippen LogP contribution in [0.4, 0.5) is 11.5 Å². The minimum absolute atomic E-state index is 0.153. The topological polar surface area (TPSA) is 109 Å². The van der Waals surface area contributed by atoms with Gasteiger partial charge in [-0.2, -0.15) is 5.26 Å². The van der Waals surface area contributed by atoms with Crippen LogP contribution < -0.4 is 10.6 Å². The lowest BCUT2D eigenvalue weighted by atomic mass is 9.94. The zero-order valence-electron chi connectivity index (χ0n) is 10.6. The van der Waals surface area contributed by atoms with Crippen LogP contribution in [0.15, 0.2) is 12.3 Å². The van der Waals surface area contributed by atoms with E-state index in [1.54, 1.807) is 0 Å². The first-order chi connectivity index (χ1) is 9.02. The van der Waals surface area contributed by atoms with Gasteiger partial charge in [0.15, 0.2) is 0 Å². The second-order valence-electron chi connectivity index (χ2n) is 4.81. The lowest BCUT2D eigenvalue weighted by Gasteiger charge is -2.36. The Morgan fingerprint density at radius 2 is 2.42 bits per heavy atom. The molecule has 1 aliphatic heterocycles. The predicted octanol–water partition coefficient (Wildman–Crippen LogP) is 1.03. The first-order valence-corrected chi connectivity index (χ1v) is 6.08. The number of anilines is 1. The maximum Gasteiger partial charge on any atom is 0.289 e. The lowest BCUT2D eigenvalue weighted by Crippen LogP contribution is -2.46. The Bertz CT molecular complexity index is 539. The van der Waals surface area contributed by atoms with Crippen molar-refractivity contribution in [1.29, 1.82) is 5.26 Å². The Labute approximate surface area is 110 Å². The van der Waals surface area contributed by atoms with Gasteiger partial charge in [0.25, 0.3) is 5.69 Å². The number of hydrogen-bond donors (Lipinski definition) is 1. The molecule has 2 atom stereocenters. The van der Waals surface area contributed by atoms with E-state index in [9.17, 15) is 10.1 Å². The summed E-state index contributed by atoms with van der Waals surface area (Å²) in [6.45, 7) is 3.47. The third kappa shape index (κ3) is 2.63. The van der Waals surface area contributed by atoms with Crippen molar-refractivity contribution in [2.24, 2.45) is 11.7 Å². The fourth-order valence-electron chi connectivity index (χ4n) is 2.24. The van der Waals surface area contributed by atoms with Gasteiger partial charge in [-0.1, -0.05) is 6.92 Å². The maximum absolute atomic E-state index is 10.7. The van der Waals surface area contributed by atoms with Gasteiger partial charge in [-0.05, 0) is 12.3 Å². The van der Waals surface area contributed by atoms with Crippen LogP contribution >= 0.6 is 0 Å². The van der Waals surface area contributed by atoms with Crippen LogP contribution in [0.25, 0.3) is 0 Å². The summed E-state index contributed by atoms with van der Waals surface area (Å²) in [5.41, 5.74) is 6.02. The van der Waals surface area contributed by atoms with E-state index in [0.29, 0.717) is 24.8 Å². The number of rotatable bonds is 2. The summed E-state index contributed by atoms with van der Waals surface area (Å²) in [7, 11) is 0. The van der Waals surface area contributed by atoms with E-state index in [1.165, 1.54) is 12.3 Å². The fraction of sp³-hybridized carbons (Fsp3) is 0.500. The molecule has 1 aliphatic rings. The molecule has 1 saturated heterocycles. The number of nitrogens with two attached hydrogens (primary N) is 1. The minimum atomic E-state index is -0.549. The van der Waals surface area contributed by atoms with Crippen molar-refractivity contribution in [3.63, 3.8) is 0 Å². The summed E-state index contributed by atoms with van der Waals surface area (Å²) in [5, 5.41) is 19.8. The second kappa shape index (κ2) is 5.20. The number of nitrogens with zero attached hydrogens (tertiary/aromatic N) is 4. The minimum Gasteiger partial charge on any atom is -0.355 e. The van der Waals surface area contributed by atoms with E-state index in [-0.39, 0.29) is 17.3 Å². The van der Waals surface area contributed by atoms with Crippen molar-refractivity contribution in [1.82, 2.24) is 4.98 Å². The largest absolute Gasteiger partial charge is 0.355 e. The summed E-state index contributed by atoms with van der Waals surface area (Å²) in [5.74, 6) is 0.809. The summed E-state index contributed by atoms with van der Waals surface area (Å²) in [6, 6.07) is 3.39. The van der Waals surface area contributed by atoms with Crippen LogP contribution in [0.1, 0.15) is 18.9 Å². The number of nitro groups is 1. The van der Waals surface area contributed by atoms with E-state index in [2.05, 4.69) is 4.98 Å². The molecule has 7 nitrogen and oxygen atoms in total. The molecule has 0 radical (unpaired) electrons. The van der Waals surface area contributed by atoms with Gasteiger partial charge in [0, 0.05) is 25.2 Å². The van der Waals surface area contributed by atoms with E-state index in [4.69, 9.17) is 11.0 Å². The Hall–Kier alpha value is -2.20. The Morgan fingerprint density at radius 1 is 1.68 bits per heavy atom. The summed E-state index contributed by atoms with van der Waals surface area (Å²) in [6.07, 6.45) is 2.01. The first-order valence-electron chi connectivity index (χ1n) is 6.08. The number of piperidine rings is 1. The molecule has 2 unspecified atom stereocenters. The van der Waals surface area contributed by atoms with Crippen LogP contribution in [0.3, 0.4) is 0 Å². The number of nitriles is 1. The molecule has 0 bridgehead atoms. The van der Waals surface area contributed by atoms with Gasteiger partial charge < -0.3 is 10.6 Å². The van der Waals surface area contributed by atoms with Crippen molar-refractivity contribution in [2.75, 3.05) is 18.0 Å². The second-order valence-corrected chi connectivity index (χ2v) is 4.81. The smallest absolute Gasteiger partial charge is 0.289 e. The SMILES string of the molecule is CC1CN(c2ncc([N+](=O)[O-])cc2C#N)CCC1N. The van der Waals surface area contributed by atoms with Crippen molar-refractivity contribution in [3.8, 4) is 6.07 Å². The Morgan fingerprint density at radius 3 is 3.00 bits per heavy atom. The summed E-state index contributed by atoms with van der Waals surface area (Å²) in [4.78, 5) is 16.2. The van der Waals surface area contributed by atoms with E-state index >= 15 is 0 Å². The van der Waals surface area contributed by atoms with E-state index < -0.39 is 4.92 Å². The predicted molar refractivity (Wildman–Crippen MR) is 69.6 cm³/mol. The molecule has 1 aromatic heterocycles. The highest BCUT2D eigenvalue weighted by Crippen LogP contribution is 2.26. The molecule has 1 aromatic rings. The normalized spacial score (nSPS) is 22.9. The molecule has 100 valence electrons. The zero-order valence-corrected chi connectivity index (χ0v) is 10.6. The molecular weight excluding hydrogens is 246 g/mol. The van der Waals surface area contributed by atoms with Crippen LogP contribution in [-0.4, -0.2) is 29.0 Å². The summed E-state index contributed by atoms with van der Waals surface area (Å²) < 4.78 is 0. The molecule has 2 heterocycles. The van der Waals surface area contributed by atoms with Gasteiger partial charge >= 0.3 is 0 Å². The molecular formula is C12H15N5O2. The van der Waals surface area contributed by atoms with Gasteiger partial charge in [0.2, 0.25) is 0 Å². The third-order valence-corrected chi connectivity index (χ3v) is 3.45. The van der Waals surface area contributed by atoms with Crippen LogP contribution in [0.2, 0.25) is 0 Å². The number of hydrogen-bond acceptors (Lipinski definition) is 6. The van der Waals surface area contributed by atoms with E-state index in [1.807, 2.05) is 17.9 Å². The molecule has 1 fully saturated rings. The van der Waals surface area contributed by atoms with Crippen LogP contribution in [0.5, 0.6) is 0 Å². The molecule has 2 N–H and O–H groups in total. The Balaban J connectivity index is 2.30. The van der Waals surface area contributed by atoms with Gasteiger partial charge in [-0.15, -0.1) is 0 Å². The number of pyridine rings is 1. The average molecular weight is 261 g/mol. The molecule has 0 saturated carbocycles. The number of aromatic nitrogens is 1. The van der Waals surface area contributed by atoms with Gasteiger partial charge in [0.1, 0.15) is 23.6 Å². The van der Waals surface area contributed by atoms with Crippen molar-refractivity contribution in [2.45, 2.75) is 19.4 Å². The highest BCUT2D eigenvalue weighted by molar-refractivity contribution is 5.57. The first kappa shape index (κ1) is 13.2. The third-order valence-electron chi connectivity index (χ3n) is 3.45.